The number of ketones is 1. The van der Waals surface area contributed by atoms with Crippen LogP contribution in [0.15, 0.2) is 47.1 Å². The zero-order valence-electron chi connectivity index (χ0n) is 12.5. The summed E-state index contributed by atoms with van der Waals surface area (Å²) in [5.41, 5.74) is 6.53. The Bertz CT molecular complexity index is 681. The van der Waals surface area contributed by atoms with Gasteiger partial charge in [-0.05, 0) is 46.3 Å². The molecule has 0 amide bonds. The molecule has 0 N–H and O–H groups in total. The minimum atomic E-state index is 0.220. The standard InChI is InChI=1S/C19H20O/c1-11(2)15-10-16-14-8-6-5-7-13(14)9-17(16)19(20)18(15)12(3)4/h5-12H,1-4H3. The smallest absolute Gasteiger partial charge is 0.190 e. The van der Waals surface area contributed by atoms with Crippen LogP contribution >= 0.6 is 0 Å². The van der Waals surface area contributed by atoms with Crippen molar-refractivity contribution in [3.63, 3.8) is 0 Å². The number of carbonyl (C=O) groups is 1. The number of benzene rings is 1. The summed E-state index contributed by atoms with van der Waals surface area (Å²) < 4.78 is 0. The third-order valence-corrected chi connectivity index (χ3v) is 4.14. The highest BCUT2D eigenvalue weighted by atomic mass is 16.1. The fourth-order valence-electron chi connectivity index (χ4n) is 3.17. The molecule has 0 spiro atoms. The fraction of sp³-hybridized carbons (Fsp3) is 0.316. The second-order valence-corrected chi connectivity index (χ2v) is 6.21. The summed E-state index contributed by atoms with van der Waals surface area (Å²) in [6, 6.07) is 8.26. The molecule has 3 rings (SSSR count). The average Bonchev–Trinajstić information content (AvgIpc) is 2.77. The number of allylic oxidation sites excluding steroid dienone is 5. The molecule has 2 aliphatic carbocycles. The predicted octanol–water partition coefficient (Wildman–Crippen LogP) is 4.66. The van der Waals surface area contributed by atoms with Crippen LogP contribution in [0.5, 0.6) is 0 Å². The van der Waals surface area contributed by atoms with E-state index in [0.717, 1.165) is 22.3 Å². The van der Waals surface area contributed by atoms with Gasteiger partial charge in [-0.1, -0.05) is 52.0 Å². The van der Waals surface area contributed by atoms with E-state index in [0.29, 0.717) is 5.92 Å². The molecule has 1 heteroatoms. The molecular formula is C19H20O. The van der Waals surface area contributed by atoms with Crippen LogP contribution in [-0.4, -0.2) is 5.78 Å². The van der Waals surface area contributed by atoms with Gasteiger partial charge in [0, 0.05) is 11.1 Å². The van der Waals surface area contributed by atoms with Crippen molar-refractivity contribution in [1.82, 2.24) is 0 Å². The Morgan fingerprint density at radius 1 is 0.850 bits per heavy atom. The van der Waals surface area contributed by atoms with E-state index < -0.39 is 0 Å². The van der Waals surface area contributed by atoms with Gasteiger partial charge in [0.15, 0.2) is 5.78 Å². The Morgan fingerprint density at radius 2 is 1.55 bits per heavy atom. The van der Waals surface area contributed by atoms with Crippen molar-refractivity contribution in [3.8, 4) is 0 Å². The summed E-state index contributed by atoms with van der Waals surface area (Å²) in [7, 11) is 0. The van der Waals surface area contributed by atoms with E-state index in [4.69, 9.17) is 0 Å². The normalized spacial score (nSPS) is 17.4. The monoisotopic (exact) mass is 264 g/mol. The van der Waals surface area contributed by atoms with Gasteiger partial charge in [0.1, 0.15) is 0 Å². The van der Waals surface area contributed by atoms with Gasteiger partial charge < -0.3 is 0 Å². The maximum absolute atomic E-state index is 12.9. The van der Waals surface area contributed by atoms with Crippen LogP contribution in [-0.2, 0) is 4.79 Å². The summed E-state index contributed by atoms with van der Waals surface area (Å²) in [5, 5.41) is 0. The molecule has 0 unspecified atom stereocenters. The van der Waals surface area contributed by atoms with Gasteiger partial charge in [-0.15, -0.1) is 0 Å². The molecular weight excluding hydrogens is 244 g/mol. The van der Waals surface area contributed by atoms with Gasteiger partial charge in [0.05, 0.1) is 0 Å². The van der Waals surface area contributed by atoms with Crippen molar-refractivity contribution in [2.24, 2.45) is 11.8 Å². The molecule has 0 saturated carbocycles. The van der Waals surface area contributed by atoms with E-state index >= 15 is 0 Å². The Kier molecular flexibility index (Phi) is 3.01. The molecule has 1 aromatic carbocycles. The minimum Gasteiger partial charge on any atom is -0.289 e. The number of carbonyl (C=O) groups excluding carboxylic acids is 1. The number of fused-ring (bicyclic) bond motifs is 3. The van der Waals surface area contributed by atoms with Crippen LogP contribution in [0.2, 0.25) is 0 Å². The first-order chi connectivity index (χ1) is 9.50. The second kappa shape index (κ2) is 4.59. The molecule has 1 aromatic rings. The predicted molar refractivity (Wildman–Crippen MR) is 84.1 cm³/mol. The number of rotatable bonds is 2. The third kappa shape index (κ3) is 1.81. The number of hydrogen-bond donors (Lipinski definition) is 0. The second-order valence-electron chi connectivity index (χ2n) is 6.21. The van der Waals surface area contributed by atoms with E-state index in [1.165, 1.54) is 11.1 Å². The summed E-state index contributed by atoms with van der Waals surface area (Å²) in [6.07, 6.45) is 4.28. The van der Waals surface area contributed by atoms with Crippen LogP contribution < -0.4 is 0 Å². The van der Waals surface area contributed by atoms with Gasteiger partial charge >= 0.3 is 0 Å². The molecule has 1 nitrogen and oxygen atoms in total. The lowest BCUT2D eigenvalue weighted by molar-refractivity contribution is -0.112. The quantitative estimate of drug-likeness (QED) is 0.759. The largest absolute Gasteiger partial charge is 0.289 e. The average molecular weight is 264 g/mol. The maximum Gasteiger partial charge on any atom is 0.190 e. The summed E-state index contributed by atoms with van der Waals surface area (Å²) in [6.45, 7) is 8.55. The molecule has 0 bridgehead atoms. The highest BCUT2D eigenvalue weighted by molar-refractivity contribution is 6.26. The Hall–Kier alpha value is -1.89. The Balaban J connectivity index is 2.24. The lowest BCUT2D eigenvalue weighted by Gasteiger charge is -2.24. The van der Waals surface area contributed by atoms with Crippen molar-refractivity contribution in [2.45, 2.75) is 27.7 Å². The topological polar surface area (TPSA) is 17.1 Å². The molecule has 0 saturated heterocycles. The molecule has 20 heavy (non-hydrogen) atoms. The first-order valence-corrected chi connectivity index (χ1v) is 7.32. The molecule has 2 aliphatic rings. The molecule has 0 atom stereocenters. The highest BCUT2D eigenvalue weighted by Gasteiger charge is 2.32. The van der Waals surface area contributed by atoms with Gasteiger partial charge in [-0.3, -0.25) is 4.79 Å². The first-order valence-electron chi connectivity index (χ1n) is 7.32. The van der Waals surface area contributed by atoms with Crippen LogP contribution in [0.25, 0.3) is 11.6 Å². The van der Waals surface area contributed by atoms with E-state index in [1.54, 1.807) is 0 Å². The molecule has 0 radical (unpaired) electrons. The molecule has 0 aliphatic heterocycles. The van der Waals surface area contributed by atoms with E-state index in [1.807, 2.05) is 18.2 Å². The number of hydrogen-bond acceptors (Lipinski definition) is 1. The fourth-order valence-corrected chi connectivity index (χ4v) is 3.17. The van der Waals surface area contributed by atoms with E-state index in [-0.39, 0.29) is 11.7 Å². The van der Waals surface area contributed by atoms with Gasteiger partial charge in [-0.25, -0.2) is 0 Å². The van der Waals surface area contributed by atoms with Crippen molar-refractivity contribution in [1.29, 1.82) is 0 Å². The van der Waals surface area contributed by atoms with Crippen LogP contribution in [0.3, 0.4) is 0 Å². The maximum atomic E-state index is 12.9. The Labute approximate surface area is 120 Å². The van der Waals surface area contributed by atoms with Crippen molar-refractivity contribution >= 4 is 17.4 Å². The first kappa shape index (κ1) is 13.1. The summed E-state index contributed by atoms with van der Waals surface area (Å²) in [5.74, 6) is 0.859. The van der Waals surface area contributed by atoms with Crippen LogP contribution in [0, 0.1) is 11.8 Å². The molecule has 0 heterocycles. The van der Waals surface area contributed by atoms with Crippen molar-refractivity contribution < 1.29 is 4.79 Å². The molecule has 0 fully saturated rings. The zero-order chi connectivity index (χ0) is 14.4. The van der Waals surface area contributed by atoms with Crippen LogP contribution in [0.4, 0.5) is 0 Å². The van der Waals surface area contributed by atoms with Crippen molar-refractivity contribution in [3.05, 3.63) is 58.2 Å². The highest BCUT2D eigenvalue weighted by Crippen LogP contribution is 2.43. The van der Waals surface area contributed by atoms with Gasteiger partial charge in [0.2, 0.25) is 0 Å². The van der Waals surface area contributed by atoms with Gasteiger partial charge in [0.25, 0.3) is 0 Å². The number of Topliss-reactive ketones (excluding diaryl/α,β-unsaturated/α-hetero) is 1. The lowest BCUT2D eigenvalue weighted by atomic mass is 9.78. The molecule has 102 valence electrons. The van der Waals surface area contributed by atoms with E-state index in [9.17, 15) is 4.79 Å². The van der Waals surface area contributed by atoms with Crippen LogP contribution in [0.1, 0.15) is 38.8 Å². The third-order valence-electron chi connectivity index (χ3n) is 4.14. The summed E-state index contributed by atoms with van der Waals surface area (Å²) in [4.78, 5) is 12.9. The van der Waals surface area contributed by atoms with Crippen molar-refractivity contribution in [2.75, 3.05) is 0 Å². The molecule has 0 aromatic heterocycles. The summed E-state index contributed by atoms with van der Waals surface area (Å²) >= 11 is 0. The Morgan fingerprint density at radius 3 is 2.20 bits per heavy atom. The van der Waals surface area contributed by atoms with E-state index in [2.05, 4.69) is 45.9 Å². The minimum absolute atomic E-state index is 0.220. The lowest BCUT2D eigenvalue weighted by Crippen LogP contribution is -2.19. The SMILES string of the molecule is CC(C)C1=C(C(C)C)C(=O)C2=Cc3ccccc3C2=C1. The zero-order valence-corrected chi connectivity index (χ0v) is 12.5. The van der Waals surface area contributed by atoms with Gasteiger partial charge in [-0.2, -0.15) is 0 Å².